The maximum atomic E-state index is 14.0. The van der Waals surface area contributed by atoms with Crippen LogP contribution in [0.15, 0.2) is 18.2 Å². The maximum Gasteiger partial charge on any atom is 0.405 e. The van der Waals surface area contributed by atoms with Gasteiger partial charge in [-0.3, -0.25) is 4.79 Å². The molecule has 2 amide bonds. The van der Waals surface area contributed by atoms with Crippen molar-refractivity contribution in [3.8, 4) is 0 Å². The van der Waals surface area contributed by atoms with Crippen LogP contribution in [0.1, 0.15) is 31.0 Å². The van der Waals surface area contributed by atoms with E-state index in [4.69, 9.17) is 10.1 Å². The number of hydrogen-bond acceptors (Lipinski definition) is 4. The lowest BCUT2D eigenvalue weighted by atomic mass is 10.0. The number of halogens is 1. The van der Waals surface area contributed by atoms with E-state index in [0.29, 0.717) is 43.1 Å². The Morgan fingerprint density at radius 1 is 1.26 bits per heavy atom. The van der Waals surface area contributed by atoms with Crippen molar-refractivity contribution in [3.05, 3.63) is 35.1 Å². The molecule has 1 aromatic carbocycles. The molecule has 0 radical (unpaired) electrons. The molecule has 1 aromatic heterocycles. The van der Waals surface area contributed by atoms with Crippen LogP contribution in [0, 0.1) is 12.7 Å². The number of anilines is 1. The van der Waals surface area contributed by atoms with Gasteiger partial charge in [-0.2, -0.15) is 0 Å². The highest BCUT2D eigenvalue weighted by molar-refractivity contribution is 5.85. The summed E-state index contributed by atoms with van der Waals surface area (Å²) in [5.74, 6) is 0.327. The Morgan fingerprint density at radius 3 is 2.52 bits per heavy atom. The summed E-state index contributed by atoms with van der Waals surface area (Å²) in [6.07, 6.45) is -1.12. The molecule has 2 aromatic rings. The van der Waals surface area contributed by atoms with Gasteiger partial charge in [0.15, 0.2) is 0 Å². The van der Waals surface area contributed by atoms with Crippen molar-refractivity contribution in [1.29, 1.82) is 0 Å². The molecule has 1 aliphatic rings. The number of carbonyl (C=O) groups is 2. The van der Waals surface area contributed by atoms with E-state index in [1.165, 1.54) is 6.07 Å². The highest BCUT2D eigenvalue weighted by Gasteiger charge is 2.25. The van der Waals surface area contributed by atoms with Crippen LogP contribution in [0.2, 0.25) is 0 Å². The Hall–Kier alpha value is -2.90. The lowest BCUT2D eigenvalue weighted by Gasteiger charge is -2.36. The molecular weight excluding hydrogens is 351 g/mol. The van der Waals surface area contributed by atoms with Gasteiger partial charge in [-0.05, 0) is 32.0 Å². The second-order valence-corrected chi connectivity index (χ2v) is 6.81. The van der Waals surface area contributed by atoms with Gasteiger partial charge >= 0.3 is 6.09 Å². The molecule has 0 saturated carbocycles. The van der Waals surface area contributed by atoms with Crippen LogP contribution in [0.3, 0.4) is 0 Å². The van der Waals surface area contributed by atoms with Crippen LogP contribution in [0.4, 0.5) is 15.0 Å². The number of piperazine rings is 1. The van der Waals surface area contributed by atoms with Crippen molar-refractivity contribution >= 4 is 28.7 Å². The molecule has 27 heavy (non-hydrogen) atoms. The summed E-state index contributed by atoms with van der Waals surface area (Å²) < 4.78 is 14.0. The van der Waals surface area contributed by atoms with Crippen LogP contribution >= 0.6 is 0 Å². The highest BCUT2D eigenvalue weighted by atomic mass is 19.1. The lowest BCUT2D eigenvalue weighted by Crippen LogP contribution is -2.48. The SMILES string of the molecule is CC(=O)N1CCN(c2nc3c(C)c(F)ccc3cc2C(C)NC(=O)O)CC1. The molecule has 7 nitrogen and oxygen atoms in total. The van der Waals surface area contributed by atoms with Crippen molar-refractivity contribution < 1.29 is 19.1 Å². The number of rotatable bonds is 3. The number of carbonyl (C=O) groups excluding carboxylic acids is 1. The zero-order chi connectivity index (χ0) is 19.7. The number of pyridine rings is 1. The topological polar surface area (TPSA) is 85.8 Å². The smallest absolute Gasteiger partial charge is 0.405 e. The third-order valence-corrected chi connectivity index (χ3v) is 5.01. The number of aromatic nitrogens is 1. The van der Waals surface area contributed by atoms with E-state index in [2.05, 4.69) is 5.32 Å². The van der Waals surface area contributed by atoms with Gasteiger partial charge in [-0.25, -0.2) is 14.2 Å². The molecule has 0 spiro atoms. The maximum absolute atomic E-state index is 14.0. The standard InChI is InChI=1S/C19H23FN4O3/c1-11-16(20)5-4-14-10-15(12(2)21-19(26)27)18(22-17(11)14)24-8-6-23(7-9-24)13(3)25/h4-5,10,12,21H,6-9H2,1-3H3,(H,26,27). The largest absolute Gasteiger partial charge is 0.465 e. The van der Waals surface area contributed by atoms with Crippen LogP contribution in [0.5, 0.6) is 0 Å². The van der Waals surface area contributed by atoms with E-state index >= 15 is 0 Å². The van der Waals surface area contributed by atoms with Gasteiger partial charge in [0.25, 0.3) is 0 Å². The van der Waals surface area contributed by atoms with Gasteiger partial charge in [0.1, 0.15) is 11.6 Å². The first-order valence-corrected chi connectivity index (χ1v) is 8.87. The fraction of sp³-hybridized carbons (Fsp3) is 0.421. The van der Waals surface area contributed by atoms with Crippen molar-refractivity contribution in [2.24, 2.45) is 0 Å². The fourth-order valence-electron chi connectivity index (χ4n) is 3.43. The molecule has 1 aliphatic heterocycles. The minimum atomic E-state index is -1.12. The fourth-order valence-corrected chi connectivity index (χ4v) is 3.43. The predicted molar refractivity (Wildman–Crippen MR) is 100 cm³/mol. The minimum absolute atomic E-state index is 0.0279. The molecule has 1 saturated heterocycles. The molecule has 1 unspecified atom stereocenters. The molecule has 2 N–H and O–H groups in total. The third kappa shape index (κ3) is 3.79. The van der Waals surface area contributed by atoms with E-state index in [9.17, 15) is 14.0 Å². The Morgan fingerprint density at radius 2 is 1.93 bits per heavy atom. The molecule has 2 heterocycles. The Bertz CT molecular complexity index is 894. The van der Waals surface area contributed by atoms with Gasteiger partial charge in [-0.15, -0.1) is 0 Å². The number of carboxylic acid groups (broad SMARTS) is 1. The number of aryl methyl sites for hydroxylation is 1. The van der Waals surface area contributed by atoms with Gasteiger partial charge in [-0.1, -0.05) is 0 Å². The average molecular weight is 374 g/mol. The first-order valence-electron chi connectivity index (χ1n) is 8.87. The van der Waals surface area contributed by atoms with Crippen LogP contribution in [0.25, 0.3) is 10.9 Å². The normalized spacial score (nSPS) is 15.7. The zero-order valence-electron chi connectivity index (χ0n) is 15.6. The van der Waals surface area contributed by atoms with E-state index < -0.39 is 12.1 Å². The second kappa shape index (κ2) is 7.38. The van der Waals surface area contributed by atoms with E-state index in [0.717, 1.165) is 10.9 Å². The second-order valence-electron chi connectivity index (χ2n) is 6.81. The molecule has 0 bridgehead atoms. The number of nitrogens with one attached hydrogen (secondary N) is 1. The minimum Gasteiger partial charge on any atom is -0.465 e. The van der Waals surface area contributed by atoms with Crippen molar-refractivity contribution in [2.75, 3.05) is 31.1 Å². The average Bonchev–Trinajstić information content (AvgIpc) is 2.63. The molecule has 0 aliphatic carbocycles. The zero-order valence-corrected chi connectivity index (χ0v) is 15.6. The summed E-state index contributed by atoms with van der Waals surface area (Å²) in [6, 6.07) is 4.43. The number of benzene rings is 1. The summed E-state index contributed by atoms with van der Waals surface area (Å²) in [5, 5.41) is 12.3. The highest BCUT2D eigenvalue weighted by Crippen LogP contribution is 2.31. The first-order chi connectivity index (χ1) is 12.8. The van der Waals surface area contributed by atoms with Gasteiger partial charge in [0.05, 0.1) is 11.6 Å². The van der Waals surface area contributed by atoms with E-state index in [-0.39, 0.29) is 11.7 Å². The summed E-state index contributed by atoms with van der Waals surface area (Å²) in [5.41, 5.74) is 1.75. The molecule has 3 rings (SSSR count). The van der Waals surface area contributed by atoms with Crippen molar-refractivity contribution in [1.82, 2.24) is 15.2 Å². The molecule has 1 atom stereocenters. The number of amides is 2. The Labute approximate surface area is 156 Å². The van der Waals surface area contributed by atoms with Crippen LogP contribution in [-0.4, -0.2) is 53.2 Å². The molecular formula is C19H23FN4O3. The van der Waals surface area contributed by atoms with Crippen molar-refractivity contribution in [3.63, 3.8) is 0 Å². The molecule has 8 heteroatoms. The summed E-state index contributed by atoms with van der Waals surface area (Å²) in [7, 11) is 0. The van der Waals surface area contributed by atoms with Crippen LogP contribution in [-0.2, 0) is 4.79 Å². The quantitative estimate of drug-likeness (QED) is 0.863. The summed E-state index contributed by atoms with van der Waals surface area (Å²) in [4.78, 5) is 31.2. The van der Waals surface area contributed by atoms with Crippen molar-refractivity contribution in [2.45, 2.75) is 26.8 Å². The van der Waals surface area contributed by atoms with Gasteiger partial charge < -0.3 is 20.2 Å². The Kier molecular flexibility index (Phi) is 5.16. The number of hydrogen-bond donors (Lipinski definition) is 2. The number of nitrogens with zero attached hydrogens (tertiary/aromatic N) is 3. The molecule has 1 fully saturated rings. The van der Waals surface area contributed by atoms with Gasteiger partial charge in [0.2, 0.25) is 5.91 Å². The van der Waals surface area contributed by atoms with E-state index in [1.807, 2.05) is 11.0 Å². The number of fused-ring (bicyclic) bond motifs is 1. The summed E-state index contributed by atoms with van der Waals surface area (Å²) in [6.45, 7) is 7.27. The predicted octanol–water partition coefficient (Wildman–Crippen LogP) is 2.68. The molecule has 144 valence electrons. The Balaban J connectivity index is 2.06. The lowest BCUT2D eigenvalue weighted by molar-refractivity contribution is -0.129. The monoisotopic (exact) mass is 374 g/mol. The van der Waals surface area contributed by atoms with Gasteiger partial charge in [0, 0.05) is 49.6 Å². The third-order valence-electron chi connectivity index (χ3n) is 5.01. The van der Waals surface area contributed by atoms with E-state index in [1.54, 1.807) is 31.7 Å². The first kappa shape index (κ1) is 18.9. The van der Waals surface area contributed by atoms with Crippen LogP contribution < -0.4 is 10.2 Å². The summed E-state index contributed by atoms with van der Waals surface area (Å²) >= 11 is 0.